The van der Waals surface area contributed by atoms with Crippen LogP contribution in [0.15, 0.2) is 42.6 Å². The van der Waals surface area contributed by atoms with Crippen LogP contribution in [0.3, 0.4) is 0 Å². The van der Waals surface area contributed by atoms with Gasteiger partial charge in [-0.05, 0) is 53.1 Å². The normalized spacial score (nSPS) is 11.9. The predicted octanol–water partition coefficient (Wildman–Crippen LogP) is 2.81. The van der Waals surface area contributed by atoms with Gasteiger partial charge in [-0.15, -0.1) is 5.10 Å². The van der Waals surface area contributed by atoms with Crippen LogP contribution in [0.4, 0.5) is 21.7 Å². The molecule has 4 aromatic rings. The molecule has 10 nitrogen and oxygen atoms in total. The van der Waals surface area contributed by atoms with Gasteiger partial charge in [0.25, 0.3) is 5.91 Å². The molecule has 1 unspecified atom stereocenters. The minimum absolute atomic E-state index is 0.0356. The molecular formula is C21H22FN9O. The van der Waals surface area contributed by atoms with Crippen LogP contribution in [0.5, 0.6) is 0 Å². The lowest BCUT2D eigenvalue weighted by Crippen LogP contribution is -2.17. The number of nitrogens with one attached hydrogen (secondary N) is 3. The third kappa shape index (κ3) is 4.94. The number of carbonyl (C=O) groups is 1. The molecule has 1 atom stereocenters. The third-order valence-corrected chi connectivity index (χ3v) is 4.97. The average Bonchev–Trinajstić information content (AvgIpc) is 3.28. The molecule has 3 aromatic heterocycles. The van der Waals surface area contributed by atoms with Gasteiger partial charge in [0.15, 0.2) is 11.6 Å². The maximum atomic E-state index is 14.6. The number of amides is 1. The fraction of sp³-hybridized carbons (Fsp3) is 0.238. The third-order valence-electron chi connectivity index (χ3n) is 4.97. The van der Waals surface area contributed by atoms with E-state index in [-0.39, 0.29) is 23.1 Å². The molecule has 0 radical (unpaired) electrons. The zero-order valence-corrected chi connectivity index (χ0v) is 17.3. The van der Waals surface area contributed by atoms with Crippen molar-refractivity contribution >= 4 is 34.1 Å². The second kappa shape index (κ2) is 9.33. The largest absolute Gasteiger partial charge is 0.368 e. The Kier molecular flexibility index (Phi) is 6.15. The number of hydrogen-bond acceptors (Lipinski definition) is 8. The molecule has 5 N–H and O–H groups in total. The highest BCUT2D eigenvalue weighted by Gasteiger charge is 2.17. The van der Waals surface area contributed by atoms with Crippen molar-refractivity contribution in [1.82, 2.24) is 30.6 Å². The van der Waals surface area contributed by atoms with E-state index in [2.05, 4.69) is 41.2 Å². The molecule has 164 valence electrons. The first-order valence-electron chi connectivity index (χ1n) is 10.1. The van der Waals surface area contributed by atoms with Crippen molar-refractivity contribution in [2.24, 2.45) is 11.7 Å². The molecule has 0 saturated heterocycles. The van der Waals surface area contributed by atoms with Gasteiger partial charge >= 0.3 is 0 Å². The summed E-state index contributed by atoms with van der Waals surface area (Å²) in [5, 5.41) is 20.7. The second-order valence-corrected chi connectivity index (χ2v) is 7.49. The lowest BCUT2D eigenvalue weighted by atomic mass is 10.0. The minimum atomic E-state index is -0.776. The Morgan fingerprint density at radius 1 is 1.25 bits per heavy atom. The van der Waals surface area contributed by atoms with E-state index in [0.29, 0.717) is 24.5 Å². The highest BCUT2D eigenvalue weighted by atomic mass is 19.1. The fourth-order valence-electron chi connectivity index (χ4n) is 3.32. The Hall–Kier alpha value is -4.15. The SMILES string of the molecule is CC(CCNc1nc(Nc2ccc3ncccc3c2)c(C(N)=O)cc1F)Cc1nnn[nH]1. The topological polar surface area (TPSA) is 147 Å². The Balaban J connectivity index is 1.49. The number of anilines is 3. The standard InChI is InChI=1S/C21H22FN9O/c1-12(9-18-28-30-31-29-18)6-8-25-21-16(22)11-15(19(23)32)20(27-21)26-14-4-5-17-13(10-14)3-2-7-24-17/h2-5,7,10-12H,6,8-9H2,1H3,(H2,23,32)(H2,25,26,27)(H,28,29,30,31). The molecule has 0 aliphatic heterocycles. The van der Waals surface area contributed by atoms with Gasteiger partial charge in [0, 0.05) is 30.2 Å². The van der Waals surface area contributed by atoms with Crippen LogP contribution in [0.1, 0.15) is 29.5 Å². The number of pyridine rings is 2. The van der Waals surface area contributed by atoms with Crippen LogP contribution < -0.4 is 16.4 Å². The summed E-state index contributed by atoms with van der Waals surface area (Å²) in [7, 11) is 0. The van der Waals surface area contributed by atoms with Gasteiger partial charge in [0.05, 0.1) is 11.1 Å². The van der Waals surface area contributed by atoms with E-state index < -0.39 is 11.7 Å². The number of rotatable bonds is 9. The van der Waals surface area contributed by atoms with E-state index in [9.17, 15) is 9.18 Å². The first-order chi connectivity index (χ1) is 15.5. The fourth-order valence-corrected chi connectivity index (χ4v) is 3.32. The van der Waals surface area contributed by atoms with E-state index in [1.54, 1.807) is 12.3 Å². The molecule has 0 aliphatic carbocycles. The number of hydrogen-bond donors (Lipinski definition) is 4. The number of H-pyrrole nitrogens is 1. The molecule has 0 aliphatic rings. The monoisotopic (exact) mass is 435 g/mol. The second-order valence-electron chi connectivity index (χ2n) is 7.49. The minimum Gasteiger partial charge on any atom is -0.368 e. The molecule has 0 spiro atoms. The summed E-state index contributed by atoms with van der Waals surface area (Å²) in [5.74, 6) is -0.265. The van der Waals surface area contributed by atoms with Crippen LogP contribution in [0, 0.1) is 11.7 Å². The van der Waals surface area contributed by atoms with Crippen molar-refractivity contribution in [2.75, 3.05) is 17.2 Å². The number of tetrazole rings is 1. The van der Waals surface area contributed by atoms with Gasteiger partial charge in [-0.25, -0.2) is 14.5 Å². The summed E-state index contributed by atoms with van der Waals surface area (Å²) in [6, 6.07) is 10.4. The molecular weight excluding hydrogens is 413 g/mol. The van der Waals surface area contributed by atoms with Gasteiger partial charge in [0.2, 0.25) is 0 Å². The number of benzene rings is 1. The van der Waals surface area contributed by atoms with Gasteiger partial charge in [-0.3, -0.25) is 9.78 Å². The molecule has 11 heteroatoms. The molecule has 32 heavy (non-hydrogen) atoms. The van der Waals surface area contributed by atoms with Gasteiger partial charge in [-0.2, -0.15) is 0 Å². The van der Waals surface area contributed by atoms with Crippen molar-refractivity contribution in [2.45, 2.75) is 19.8 Å². The van der Waals surface area contributed by atoms with Gasteiger partial charge < -0.3 is 16.4 Å². The molecule has 0 saturated carbocycles. The van der Waals surface area contributed by atoms with E-state index in [1.807, 2.05) is 31.2 Å². The van der Waals surface area contributed by atoms with Crippen LogP contribution in [-0.4, -0.2) is 43.0 Å². The Labute approximate surface area is 182 Å². The predicted molar refractivity (Wildman–Crippen MR) is 118 cm³/mol. The summed E-state index contributed by atoms with van der Waals surface area (Å²) >= 11 is 0. The lowest BCUT2D eigenvalue weighted by Gasteiger charge is -2.15. The summed E-state index contributed by atoms with van der Waals surface area (Å²) in [5.41, 5.74) is 6.92. The molecule has 3 heterocycles. The zero-order valence-electron chi connectivity index (χ0n) is 17.3. The molecule has 1 amide bonds. The molecule has 0 bridgehead atoms. The van der Waals surface area contributed by atoms with Crippen LogP contribution >= 0.6 is 0 Å². The number of nitrogens with zero attached hydrogens (tertiary/aromatic N) is 5. The van der Waals surface area contributed by atoms with Crippen molar-refractivity contribution in [1.29, 1.82) is 0 Å². The first kappa shape index (κ1) is 21.1. The van der Waals surface area contributed by atoms with E-state index >= 15 is 0 Å². The van der Waals surface area contributed by atoms with E-state index in [0.717, 1.165) is 23.4 Å². The maximum Gasteiger partial charge on any atom is 0.252 e. The summed E-state index contributed by atoms with van der Waals surface area (Å²) in [6.07, 6.45) is 3.12. The number of halogens is 1. The average molecular weight is 435 g/mol. The van der Waals surface area contributed by atoms with Gasteiger partial charge in [0.1, 0.15) is 11.6 Å². The molecule has 4 rings (SSSR count). The van der Waals surface area contributed by atoms with E-state index in [4.69, 9.17) is 5.73 Å². The number of fused-ring (bicyclic) bond motifs is 1. The summed E-state index contributed by atoms with van der Waals surface area (Å²) in [4.78, 5) is 20.4. The first-order valence-corrected chi connectivity index (χ1v) is 10.1. The van der Waals surface area contributed by atoms with Crippen LogP contribution in [0.2, 0.25) is 0 Å². The molecule has 0 fully saturated rings. The van der Waals surface area contributed by atoms with Crippen molar-refractivity contribution in [3.63, 3.8) is 0 Å². The number of aromatic amines is 1. The van der Waals surface area contributed by atoms with Crippen LogP contribution in [-0.2, 0) is 6.42 Å². The van der Waals surface area contributed by atoms with Crippen molar-refractivity contribution < 1.29 is 9.18 Å². The smallest absolute Gasteiger partial charge is 0.252 e. The highest BCUT2D eigenvalue weighted by Crippen LogP contribution is 2.25. The number of primary amides is 1. The van der Waals surface area contributed by atoms with Crippen molar-refractivity contribution in [3.8, 4) is 0 Å². The highest BCUT2D eigenvalue weighted by molar-refractivity contribution is 5.99. The summed E-state index contributed by atoms with van der Waals surface area (Å²) in [6.45, 7) is 2.52. The summed E-state index contributed by atoms with van der Waals surface area (Å²) < 4.78 is 14.6. The number of aromatic nitrogens is 6. The van der Waals surface area contributed by atoms with Gasteiger partial charge in [-0.1, -0.05) is 13.0 Å². The Bertz CT molecular complexity index is 1230. The van der Waals surface area contributed by atoms with Crippen LogP contribution in [0.25, 0.3) is 10.9 Å². The quantitative estimate of drug-likeness (QED) is 0.314. The zero-order chi connectivity index (χ0) is 22.5. The lowest BCUT2D eigenvalue weighted by molar-refractivity contribution is 0.100. The number of nitrogens with two attached hydrogens (primary N) is 1. The number of carbonyl (C=O) groups excluding carboxylic acids is 1. The maximum absolute atomic E-state index is 14.6. The van der Waals surface area contributed by atoms with Crippen molar-refractivity contribution in [3.05, 3.63) is 59.8 Å². The Morgan fingerprint density at radius 3 is 2.91 bits per heavy atom. The molecule has 1 aromatic carbocycles. The Morgan fingerprint density at radius 2 is 2.12 bits per heavy atom. The van der Waals surface area contributed by atoms with E-state index in [1.165, 1.54) is 0 Å².